The summed E-state index contributed by atoms with van der Waals surface area (Å²) in [7, 11) is 1.56. The van der Waals surface area contributed by atoms with Crippen molar-refractivity contribution in [3.8, 4) is 5.88 Å². The fourth-order valence-corrected chi connectivity index (χ4v) is 2.63. The smallest absolute Gasteiger partial charge is 0.315 e. The molecule has 2 amide bonds. The molecule has 0 spiro atoms. The van der Waals surface area contributed by atoms with Crippen LogP contribution < -0.4 is 15.4 Å². The van der Waals surface area contributed by atoms with Crippen molar-refractivity contribution in [2.45, 2.75) is 13.0 Å². The third kappa shape index (κ3) is 3.65. The van der Waals surface area contributed by atoms with E-state index in [0.717, 1.165) is 17.5 Å². The third-order valence-corrected chi connectivity index (χ3v) is 3.84. The van der Waals surface area contributed by atoms with Crippen molar-refractivity contribution in [3.63, 3.8) is 0 Å². The van der Waals surface area contributed by atoms with Gasteiger partial charge in [-0.05, 0) is 24.1 Å². The Morgan fingerprint density at radius 3 is 2.92 bits per heavy atom. The number of aromatic nitrogens is 2. The molecule has 0 aliphatic rings. The number of hydrogen-bond donors (Lipinski definition) is 3. The highest BCUT2D eigenvalue weighted by Crippen LogP contribution is 2.17. The van der Waals surface area contributed by atoms with Gasteiger partial charge in [0.05, 0.1) is 7.11 Å². The van der Waals surface area contributed by atoms with Crippen molar-refractivity contribution in [2.75, 3.05) is 13.7 Å². The molecule has 2 heterocycles. The van der Waals surface area contributed by atoms with Crippen LogP contribution in [-0.4, -0.2) is 29.7 Å². The maximum absolute atomic E-state index is 11.9. The van der Waals surface area contributed by atoms with Gasteiger partial charge >= 0.3 is 6.03 Å². The van der Waals surface area contributed by atoms with Crippen LogP contribution in [0.25, 0.3) is 10.9 Å². The predicted molar refractivity (Wildman–Crippen MR) is 93.0 cm³/mol. The molecule has 6 nitrogen and oxygen atoms in total. The average Bonchev–Trinajstić information content (AvgIpc) is 3.03. The van der Waals surface area contributed by atoms with Crippen molar-refractivity contribution in [1.82, 2.24) is 20.6 Å². The second kappa shape index (κ2) is 7.50. The summed E-state index contributed by atoms with van der Waals surface area (Å²) in [5.41, 5.74) is 3.15. The number of rotatable bonds is 6. The number of nitrogens with zero attached hydrogens (tertiary/aromatic N) is 1. The molecule has 3 N–H and O–H groups in total. The lowest BCUT2D eigenvalue weighted by Gasteiger charge is -2.09. The van der Waals surface area contributed by atoms with E-state index in [0.29, 0.717) is 19.0 Å². The van der Waals surface area contributed by atoms with Gasteiger partial charge in [-0.15, -0.1) is 0 Å². The van der Waals surface area contributed by atoms with E-state index in [9.17, 15) is 4.79 Å². The van der Waals surface area contributed by atoms with Gasteiger partial charge in [0.2, 0.25) is 5.88 Å². The number of hydrogen-bond acceptors (Lipinski definition) is 3. The molecule has 0 unspecified atom stereocenters. The van der Waals surface area contributed by atoms with Crippen molar-refractivity contribution in [3.05, 3.63) is 59.9 Å². The summed E-state index contributed by atoms with van der Waals surface area (Å²) in [6.45, 7) is 0.938. The SMILES string of the molecule is COc1ncccc1CNC(=O)NCCc1c[nH]c2ccccc12. The zero-order valence-corrected chi connectivity index (χ0v) is 13.5. The summed E-state index contributed by atoms with van der Waals surface area (Å²) in [6, 6.07) is 11.6. The number of urea groups is 1. The van der Waals surface area contributed by atoms with Gasteiger partial charge < -0.3 is 20.4 Å². The number of ether oxygens (including phenoxy) is 1. The molecule has 0 bridgehead atoms. The fourth-order valence-electron chi connectivity index (χ4n) is 2.63. The largest absolute Gasteiger partial charge is 0.481 e. The first kappa shape index (κ1) is 15.9. The molecule has 0 fully saturated rings. The molecule has 24 heavy (non-hydrogen) atoms. The van der Waals surface area contributed by atoms with Gasteiger partial charge in [-0.3, -0.25) is 0 Å². The van der Waals surface area contributed by atoms with E-state index < -0.39 is 0 Å². The van der Waals surface area contributed by atoms with Gasteiger partial charge in [0, 0.05) is 41.9 Å². The van der Waals surface area contributed by atoms with Crippen LogP contribution in [-0.2, 0) is 13.0 Å². The molecule has 0 aliphatic carbocycles. The van der Waals surface area contributed by atoms with Crippen LogP contribution in [0.4, 0.5) is 4.79 Å². The topological polar surface area (TPSA) is 79.0 Å². The van der Waals surface area contributed by atoms with Crippen LogP contribution in [0.15, 0.2) is 48.8 Å². The maximum atomic E-state index is 11.9. The number of carbonyl (C=O) groups excluding carboxylic acids is 1. The van der Waals surface area contributed by atoms with Crippen molar-refractivity contribution in [2.24, 2.45) is 0 Å². The van der Waals surface area contributed by atoms with Gasteiger partial charge in [-0.25, -0.2) is 9.78 Å². The van der Waals surface area contributed by atoms with Crippen molar-refractivity contribution in [1.29, 1.82) is 0 Å². The molecule has 0 atom stereocenters. The monoisotopic (exact) mass is 324 g/mol. The first-order chi connectivity index (χ1) is 11.8. The molecule has 3 rings (SSSR count). The summed E-state index contributed by atoms with van der Waals surface area (Å²) in [6.07, 6.45) is 4.42. The number of H-pyrrole nitrogens is 1. The molecule has 2 aromatic heterocycles. The highest BCUT2D eigenvalue weighted by Gasteiger charge is 2.07. The van der Waals surface area contributed by atoms with Gasteiger partial charge in [0.15, 0.2) is 0 Å². The normalized spacial score (nSPS) is 10.5. The first-order valence-corrected chi connectivity index (χ1v) is 7.82. The summed E-state index contributed by atoms with van der Waals surface area (Å²) in [5, 5.41) is 6.88. The van der Waals surface area contributed by atoms with E-state index in [4.69, 9.17) is 4.74 Å². The van der Waals surface area contributed by atoms with Crippen molar-refractivity contribution < 1.29 is 9.53 Å². The minimum absolute atomic E-state index is 0.208. The second-order valence-electron chi connectivity index (χ2n) is 5.39. The number of aromatic amines is 1. The Kier molecular flexibility index (Phi) is 4.96. The van der Waals surface area contributed by atoms with Crippen LogP contribution in [0.1, 0.15) is 11.1 Å². The minimum atomic E-state index is -0.208. The van der Waals surface area contributed by atoms with E-state index >= 15 is 0 Å². The molecular formula is C18H20N4O2. The number of amides is 2. The first-order valence-electron chi connectivity index (χ1n) is 7.82. The molecule has 0 radical (unpaired) electrons. The average molecular weight is 324 g/mol. The number of fused-ring (bicyclic) bond motifs is 1. The second-order valence-corrected chi connectivity index (χ2v) is 5.39. The summed E-state index contributed by atoms with van der Waals surface area (Å²) in [5.74, 6) is 0.525. The maximum Gasteiger partial charge on any atom is 0.315 e. The summed E-state index contributed by atoms with van der Waals surface area (Å²) < 4.78 is 5.16. The Morgan fingerprint density at radius 1 is 1.17 bits per heavy atom. The van der Waals surface area contributed by atoms with E-state index in [1.54, 1.807) is 13.3 Å². The van der Waals surface area contributed by atoms with E-state index in [2.05, 4.69) is 26.7 Å². The lowest BCUT2D eigenvalue weighted by atomic mass is 10.1. The van der Waals surface area contributed by atoms with E-state index in [1.807, 2.05) is 36.5 Å². The van der Waals surface area contributed by atoms with E-state index in [-0.39, 0.29) is 6.03 Å². The number of pyridine rings is 1. The highest BCUT2D eigenvalue weighted by molar-refractivity contribution is 5.83. The summed E-state index contributed by atoms with van der Waals surface area (Å²) >= 11 is 0. The number of methoxy groups -OCH3 is 1. The molecule has 1 aromatic carbocycles. The minimum Gasteiger partial charge on any atom is -0.481 e. The van der Waals surface area contributed by atoms with Gasteiger partial charge in [0.25, 0.3) is 0 Å². The molecule has 6 heteroatoms. The summed E-state index contributed by atoms with van der Waals surface area (Å²) in [4.78, 5) is 19.3. The van der Waals surface area contributed by atoms with Crippen LogP contribution in [0.2, 0.25) is 0 Å². The van der Waals surface area contributed by atoms with Crippen molar-refractivity contribution >= 4 is 16.9 Å². The lowest BCUT2D eigenvalue weighted by molar-refractivity contribution is 0.240. The zero-order valence-electron chi connectivity index (χ0n) is 13.5. The number of para-hydroxylation sites is 1. The molecule has 0 saturated heterocycles. The molecule has 0 aliphatic heterocycles. The Balaban J connectivity index is 1.47. The number of benzene rings is 1. The molecular weight excluding hydrogens is 304 g/mol. The Labute approximate surface area is 140 Å². The Hall–Kier alpha value is -3.02. The third-order valence-electron chi connectivity index (χ3n) is 3.84. The number of carbonyl (C=O) groups is 1. The van der Waals surface area contributed by atoms with E-state index in [1.165, 1.54) is 10.9 Å². The molecule has 0 saturated carbocycles. The van der Waals surface area contributed by atoms with Crippen LogP contribution >= 0.6 is 0 Å². The van der Waals surface area contributed by atoms with Gasteiger partial charge in [-0.2, -0.15) is 0 Å². The zero-order chi connectivity index (χ0) is 16.8. The lowest BCUT2D eigenvalue weighted by Crippen LogP contribution is -2.36. The Morgan fingerprint density at radius 2 is 2.04 bits per heavy atom. The highest BCUT2D eigenvalue weighted by atomic mass is 16.5. The standard InChI is InChI=1S/C18H20N4O2/c1-24-17-14(5-4-9-19-17)12-22-18(23)20-10-8-13-11-21-16-7-3-2-6-15(13)16/h2-7,9,11,21H,8,10,12H2,1H3,(H2,20,22,23). The fraction of sp³-hybridized carbons (Fsp3) is 0.222. The molecule has 3 aromatic rings. The Bertz CT molecular complexity index is 829. The number of nitrogens with one attached hydrogen (secondary N) is 3. The van der Waals surface area contributed by atoms with Crippen LogP contribution in [0, 0.1) is 0 Å². The quantitative estimate of drug-likeness (QED) is 0.652. The van der Waals surface area contributed by atoms with Gasteiger partial charge in [-0.1, -0.05) is 24.3 Å². The predicted octanol–water partition coefficient (Wildman–Crippen LogP) is 2.61. The molecule has 124 valence electrons. The van der Waals surface area contributed by atoms with Crippen LogP contribution in [0.5, 0.6) is 5.88 Å². The van der Waals surface area contributed by atoms with Crippen LogP contribution in [0.3, 0.4) is 0 Å². The van der Waals surface area contributed by atoms with Gasteiger partial charge in [0.1, 0.15) is 0 Å².